The van der Waals surface area contributed by atoms with Crippen LogP contribution in [0.5, 0.6) is 0 Å². The molecule has 0 aliphatic heterocycles. The minimum atomic E-state index is -1.26. The summed E-state index contributed by atoms with van der Waals surface area (Å²) in [4.78, 5) is 39.9. The third kappa shape index (κ3) is 14.8. The molecular formula is C17H22O10. The Morgan fingerprint density at radius 2 is 1.15 bits per heavy atom. The molecule has 0 saturated heterocycles. The van der Waals surface area contributed by atoms with Crippen LogP contribution >= 0.6 is 0 Å². The van der Waals surface area contributed by atoms with Crippen LogP contribution in [0.2, 0.25) is 0 Å². The van der Waals surface area contributed by atoms with Gasteiger partial charge in [-0.1, -0.05) is 19.9 Å². The van der Waals surface area contributed by atoms with Gasteiger partial charge in [-0.25, -0.2) is 19.2 Å². The number of rotatable bonds is 6. The van der Waals surface area contributed by atoms with Crippen LogP contribution in [0.3, 0.4) is 0 Å². The average Bonchev–Trinajstić information content (AvgIpc) is 2.61. The van der Waals surface area contributed by atoms with Crippen LogP contribution in [0.15, 0.2) is 36.4 Å². The van der Waals surface area contributed by atoms with Gasteiger partial charge in [0.1, 0.15) is 0 Å². The van der Waals surface area contributed by atoms with E-state index < -0.39 is 23.9 Å². The van der Waals surface area contributed by atoms with Crippen LogP contribution in [0.4, 0.5) is 0 Å². The van der Waals surface area contributed by atoms with Crippen LogP contribution in [0.1, 0.15) is 34.6 Å². The van der Waals surface area contributed by atoms with Gasteiger partial charge in [-0.2, -0.15) is 0 Å². The number of aromatic carboxylic acids is 2. The molecule has 0 fully saturated rings. The largest absolute Gasteiger partial charge is 0.478 e. The number of aliphatic carboxylic acids is 2. The summed E-state index contributed by atoms with van der Waals surface area (Å²) in [6, 6.07) is 5.20. The van der Waals surface area contributed by atoms with Crippen LogP contribution in [0.25, 0.3) is 0 Å². The Bertz CT molecular complexity index is 625. The molecule has 150 valence electrons. The molecule has 0 unspecified atom stereocenters. The van der Waals surface area contributed by atoms with Gasteiger partial charge in [0.15, 0.2) is 0 Å². The van der Waals surface area contributed by atoms with Gasteiger partial charge in [-0.3, -0.25) is 0 Å². The van der Waals surface area contributed by atoms with Gasteiger partial charge in [-0.15, -0.1) is 0 Å². The lowest BCUT2D eigenvalue weighted by molar-refractivity contribution is -0.134. The Morgan fingerprint density at radius 3 is 1.33 bits per heavy atom. The van der Waals surface area contributed by atoms with Crippen molar-refractivity contribution in [2.75, 3.05) is 13.2 Å². The molecule has 10 nitrogen and oxygen atoms in total. The van der Waals surface area contributed by atoms with Crippen molar-refractivity contribution < 1.29 is 49.8 Å². The predicted molar refractivity (Wildman–Crippen MR) is 92.7 cm³/mol. The van der Waals surface area contributed by atoms with Crippen LogP contribution < -0.4 is 0 Å². The molecule has 0 atom stereocenters. The predicted octanol–water partition coefficient (Wildman–Crippen LogP) is 0.792. The first kappa shape index (κ1) is 26.0. The van der Waals surface area contributed by atoms with E-state index >= 15 is 0 Å². The molecule has 0 aromatic heterocycles. The molecule has 1 aromatic carbocycles. The summed E-state index contributed by atoms with van der Waals surface area (Å²) in [7, 11) is 0. The van der Waals surface area contributed by atoms with Crippen molar-refractivity contribution in [3.63, 3.8) is 0 Å². The molecule has 0 aliphatic rings. The number of carboxylic acids is 4. The highest BCUT2D eigenvalue weighted by Crippen LogP contribution is 2.10. The van der Waals surface area contributed by atoms with E-state index in [0.717, 1.165) is 6.07 Å². The van der Waals surface area contributed by atoms with E-state index in [-0.39, 0.29) is 29.8 Å². The Balaban J connectivity index is 0. The number of carboxylic acid groups (broad SMARTS) is 4. The number of hydrogen-bond donors (Lipinski definition) is 6. The van der Waals surface area contributed by atoms with Gasteiger partial charge in [0.2, 0.25) is 0 Å². The summed E-state index contributed by atoms with van der Waals surface area (Å²) < 4.78 is 0. The second-order valence-electron chi connectivity index (χ2n) is 5.68. The van der Waals surface area contributed by atoms with Crippen molar-refractivity contribution in [1.82, 2.24) is 0 Å². The zero-order chi connectivity index (χ0) is 21.6. The second-order valence-corrected chi connectivity index (χ2v) is 5.68. The third-order valence-corrected chi connectivity index (χ3v) is 2.58. The summed E-state index contributed by atoms with van der Waals surface area (Å²) in [5.41, 5.74) is -0.343. The van der Waals surface area contributed by atoms with Crippen molar-refractivity contribution >= 4 is 23.9 Å². The van der Waals surface area contributed by atoms with Gasteiger partial charge < -0.3 is 30.6 Å². The molecular weight excluding hydrogens is 364 g/mol. The van der Waals surface area contributed by atoms with Crippen LogP contribution in [-0.4, -0.2) is 67.7 Å². The number of benzene rings is 1. The fourth-order valence-corrected chi connectivity index (χ4v) is 0.978. The van der Waals surface area contributed by atoms with E-state index in [4.69, 9.17) is 30.6 Å². The van der Waals surface area contributed by atoms with Crippen molar-refractivity contribution in [2.45, 2.75) is 13.8 Å². The quantitative estimate of drug-likeness (QED) is 0.381. The fraction of sp³-hybridized carbons (Fsp3) is 0.294. The van der Waals surface area contributed by atoms with Crippen molar-refractivity contribution in [3.05, 3.63) is 47.5 Å². The van der Waals surface area contributed by atoms with Crippen LogP contribution in [0, 0.1) is 5.41 Å². The highest BCUT2D eigenvalue weighted by Gasteiger charge is 2.13. The second kappa shape index (κ2) is 13.0. The molecule has 0 spiro atoms. The molecule has 27 heavy (non-hydrogen) atoms. The maximum atomic E-state index is 10.4. The Hall–Kier alpha value is -3.24. The zero-order valence-corrected chi connectivity index (χ0v) is 14.7. The SMILES string of the molecule is CC(C)(CO)CO.O=C(O)C=CC(=O)O.O=C(O)c1cccc(C(=O)O)c1. The minimum Gasteiger partial charge on any atom is -0.478 e. The maximum absolute atomic E-state index is 10.4. The first-order valence-corrected chi connectivity index (χ1v) is 7.28. The lowest BCUT2D eigenvalue weighted by Gasteiger charge is -2.16. The molecule has 1 aromatic rings. The summed E-state index contributed by atoms with van der Waals surface area (Å²) in [6.45, 7) is 3.69. The van der Waals surface area contributed by atoms with Gasteiger partial charge in [0.05, 0.1) is 24.3 Å². The Labute approximate surface area is 154 Å². The summed E-state index contributed by atoms with van der Waals surface area (Å²) in [5.74, 6) is -4.77. The van der Waals surface area contributed by atoms with E-state index in [9.17, 15) is 19.2 Å². The van der Waals surface area contributed by atoms with Gasteiger partial charge in [-0.05, 0) is 18.2 Å². The minimum absolute atomic E-state index is 0.0186. The first-order chi connectivity index (χ1) is 12.4. The lowest BCUT2D eigenvalue weighted by Crippen LogP contribution is -2.20. The van der Waals surface area contributed by atoms with Crippen molar-refractivity contribution in [3.8, 4) is 0 Å². The van der Waals surface area contributed by atoms with Gasteiger partial charge >= 0.3 is 23.9 Å². The van der Waals surface area contributed by atoms with Gasteiger partial charge in [0, 0.05) is 17.6 Å². The summed E-state index contributed by atoms with van der Waals surface area (Å²) >= 11 is 0. The molecule has 0 radical (unpaired) electrons. The monoisotopic (exact) mass is 386 g/mol. The molecule has 10 heteroatoms. The Kier molecular flexibility index (Phi) is 12.5. The molecule has 0 bridgehead atoms. The third-order valence-electron chi connectivity index (χ3n) is 2.58. The maximum Gasteiger partial charge on any atom is 0.335 e. The highest BCUT2D eigenvalue weighted by atomic mass is 16.4. The molecule has 0 saturated carbocycles. The lowest BCUT2D eigenvalue weighted by atomic mass is 9.97. The van der Waals surface area contributed by atoms with E-state index in [1.54, 1.807) is 13.8 Å². The van der Waals surface area contributed by atoms with E-state index in [1.807, 2.05) is 0 Å². The van der Waals surface area contributed by atoms with E-state index in [2.05, 4.69) is 0 Å². The number of carbonyl (C=O) groups is 4. The van der Waals surface area contributed by atoms with Crippen LogP contribution in [-0.2, 0) is 9.59 Å². The number of aliphatic hydroxyl groups excluding tert-OH is 2. The molecule has 0 amide bonds. The smallest absolute Gasteiger partial charge is 0.335 e. The first-order valence-electron chi connectivity index (χ1n) is 7.28. The van der Waals surface area contributed by atoms with Gasteiger partial charge in [0.25, 0.3) is 0 Å². The van der Waals surface area contributed by atoms with Crippen molar-refractivity contribution in [1.29, 1.82) is 0 Å². The number of hydrogen-bond acceptors (Lipinski definition) is 6. The van der Waals surface area contributed by atoms with E-state index in [0.29, 0.717) is 12.2 Å². The molecule has 6 N–H and O–H groups in total. The summed E-state index contributed by atoms with van der Waals surface area (Å²) in [6.07, 6.45) is 1.12. The normalized spacial score (nSPS) is 10.1. The van der Waals surface area contributed by atoms with E-state index in [1.165, 1.54) is 18.2 Å². The Morgan fingerprint density at radius 1 is 0.815 bits per heavy atom. The molecule has 0 aliphatic carbocycles. The summed E-state index contributed by atoms with van der Waals surface area (Å²) in [5, 5.41) is 49.5. The topological polar surface area (TPSA) is 190 Å². The fourth-order valence-electron chi connectivity index (χ4n) is 0.978. The molecule has 1 rings (SSSR count). The highest BCUT2D eigenvalue weighted by molar-refractivity contribution is 5.93. The average molecular weight is 386 g/mol. The molecule has 0 heterocycles. The zero-order valence-electron chi connectivity index (χ0n) is 14.7. The van der Waals surface area contributed by atoms with Crippen molar-refractivity contribution in [2.24, 2.45) is 5.41 Å². The standard InChI is InChI=1S/C8H6O4.C5H12O2.C4H4O4/c9-7(10)5-2-1-3-6(4-5)8(11)12;1-5(2,3-6)4-7;5-3(6)1-2-4(7)8/h1-4H,(H,9,10)(H,11,12);6-7H,3-4H2,1-2H3;1-2H,(H,5,6)(H,7,8). The number of aliphatic hydroxyl groups is 2.